The van der Waals surface area contributed by atoms with Crippen LogP contribution in [-0.4, -0.2) is 13.2 Å². The number of aryl methyl sites for hydroxylation is 2. The fourth-order valence-corrected chi connectivity index (χ4v) is 3.47. The van der Waals surface area contributed by atoms with E-state index in [1.165, 1.54) is 23.1 Å². The molecular weight excluding hydrogens is 222 g/mol. The van der Waals surface area contributed by atoms with Gasteiger partial charge in [-0.15, -0.1) is 0 Å². The molecular formula is C16H19NO. The average molecular weight is 241 g/mol. The Hall–Kier alpha value is -1.33. The van der Waals surface area contributed by atoms with E-state index in [4.69, 9.17) is 4.74 Å². The molecule has 1 heterocycles. The molecule has 18 heavy (non-hydrogen) atoms. The number of rotatable bonds is 2. The lowest BCUT2D eigenvalue weighted by Gasteiger charge is -2.57. The van der Waals surface area contributed by atoms with Crippen molar-refractivity contribution in [3.63, 3.8) is 0 Å². The molecule has 0 spiro atoms. The lowest BCUT2D eigenvalue weighted by atomic mass is 9.50. The van der Waals surface area contributed by atoms with Gasteiger partial charge in [0.25, 0.3) is 0 Å². The summed E-state index contributed by atoms with van der Waals surface area (Å²) in [5, 5.41) is 9.65. The topological polar surface area (TPSA) is 33.0 Å². The SMILES string of the molecule is Cc1ccc(C)c(C2(C3(C#N)CCC3)COC2)c1. The van der Waals surface area contributed by atoms with Gasteiger partial charge in [-0.2, -0.15) is 5.26 Å². The summed E-state index contributed by atoms with van der Waals surface area (Å²) in [5.41, 5.74) is 3.69. The van der Waals surface area contributed by atoms with Gasteiger partial charge in [0, 0.05) is 0 Å². The second kappa shape index (κ2) is 3.83. The molecule has 0 aromatic heterocycles. The predicted molar refractivity (Wildman–Crippen MR) is 70.3 cm³/mol. The van der Waals surface area contributed by atoms with Crippen molar-refractivity contribution in [2.75, 3.05) is 13.2 Å². The van der Waals surface area contributed by atoms with Crippen LogP contribution < -0.4 is 0 Å². The molecule has 2 heteroatoms. The maximum absolute atomic E-state index is 9.65. The van der Waals surface area contributed by atoms with Gasteiger partial charge < -0.3 is 4.74 Å². The molecule has 0 amide bonds. The Morgan fingerprint density at radius 3 is 2.39 bits per heavy atom. The molecule has 1 aromatic rings. The standard InChI is InChI=1S/C16H19NO/c1-12-4-5-13(2)14(8-12)16(10-18-11-16)15(9-17)6-3-7-15/h4-5,8H,3,6-7,10-11H2,1-2H3. The summed E-state index contributed by atoms with van der Waals surface area (Å²) in [6, 6.07) is 9.20. The van der Waals surface area contributed by atoms with Crippen molar-refractivity contribution in [3.05, 3.63) is 34.9 Å². The van der Waals surface area contributed by atoms with Crippen molar-refractivity contribution in [2.24, 2.45) is 5.41 Å². The first-order valence-electron chi connectivity index (χ1n) is 6.70. The number of benzene rings is 1. The minimum absolute atomic E-state index is 0.0455. The molecule has 2 nitrogen and oxygen atoms in total. The summed E-state index contributed by atoms with van der Waals surface area (Å²) in [6.07, 6.45) is 3.24. The van der Waals surface area contributed by atoms with Gasteiger partial charge in [-0.3, -0.25) is 0 Å². The third-order valence-corrected chi connectivity index (χ3v) is 4.94. The number of hydrogen-bond donors (Lipinski definition) is 0. The molecule has 94 valence electrons. The van der Waals surface area contributed by atoms with E-state index in [9.17, 15) is 5.26 Å². The van der Waals surface area contributed by atoms with Crippen LogP contribution >= 0.6 is 0 Å². The normalized spacial score (nSPS) is 23.6. The molecule has 0 atom stereocenters. The van der Waals surface area contributed by atoms with Crippen LogP contribution in [-0.2, 0) is 10.2 Å². The molecule has 0 N–H and O–H groups in total. The number of hydrogen-bond acceptors (Lipinski definition) is 2. The summed E-state index contributed by atoms with van der Waals surface area (Å²) < 4.78 is 5.52. The Morgan fingerprint density at radius 2 is 1.94 bits per heavy atom. The number of nitrogens with zero attached hydrogens (tertiary/aromatic N) is 1. The highest BCUT2D eigenvalue weighted by Gasteiger charge is 2.60. The molecule has 1 saturated carbocycles. The van der Waals surface area contributed by atoms with Crippen molar-refractivity contribution in [1.29, 1.82) is 5.26 Å². The first-order chi connectivity index (χ1) is 8.63. The molecule has 0 radical (unpaired) electrons. The van der Waals surface area contributed by atoms with Crippen LogP contribution in [0.15, 0.2) is 18.2 Å². The van der Waals surface area contributed by atoms with Crippen molar-refractivity contribution in [2.45, 2.75) is 38.5 Å². The molecule has 1 aliphatic carbocycles. The fraction of sp³-hybridized carbons (Fsp3) is 0.562. The van der Waals surface area contributed by atoms with E-state index in [1.807, 2.05) is 0 Å². The van der Waals surface area contributed by atoms with Crippen LogP contribution in [0.5, 0.6) is 0 Å². The minimum atomic E-state index is -0.177. The zero-order valence-corrected chi connectivity index (χ0v) is 11.1. The average Bonchev–Trinajstić information content (AvgIpc) is 2.25. The maximum atomic E-state index is 9.65. The van der Waals surface area contributed by atoms with Gasteiger partial charge >= 0.3 is 0 Å². The quantitative estimate of drug-likeness (QED) is 0.796. The smallest absolute Gasteiger partial charge is 0.0715 e. The third kappa shape index (κ3) is 1.31. The highest BCUT2D eigenvalue weighted by atomic mass is 16.5. The second-order valence-corrected chi connectivity index (χ2v) is 5.94. The monoisotopic (exact) mass is 241 g/mol. The van der Waals surface area contributed by atoms with Crippen molar-refractivity contribution >= 4 is 0 Å². The minimum Gasteiger partial charge on any atom is -0.379 e. The zero-order valence-electron chi connectivity index (χ0n) is 11.1. The summed E-state index contributed by atoms with van der Waals surface area (Å²) in [6.45, 7) is 5.70. The Morgan fingerprint density at radius 1 is 1.22 bits per heavy atom. The highest BCUT2D eigenvalue weighted by molar-refractivity contribution is 5.43. The largest absolute Gasteiger partial charge is 0.379 e. The van der Waals surface area contributed by atoms with E-state index in [0.29, 0.717) is 13.2 Å². The molecule has 2 fully saturated rings. The Labute approximate surface area is 109 Å². The number of ether oxygens (including phenoxy) is 1. The first-order valence-corrected chi connectivity index (χ1v) is 6.70. The predicted octanol–water partition coefficient (Wildman–Crippen LogP) is 3.27. The molecule has 3 rings (SSSR count). The van der Waals surface area contributed by atoms with E-state index in [2.05, 4.69) is 38.1 Å². The van der Waals surface area contributed by atoms with Gasteiger partial charge in [0.15, 0.2) is 0 Å². The van der Waals surface area contributed by atoms with Gasteiger partial charge in [0.2, 0.25) is 0 Å². The summed E-state index contributed by atoms with van der Waals surface area (Å²) in [5.74, 6) is 0. The first kappa shape index (κ1) is 11.7. The van der Waals surface area contributed by atoms with Gasteiger partial charge in [-0.05, 0) is 37.8 Å². The van der Waals surface area contributed by atoms with Crippen LogP contribution in [0.25, 0.3) is 0 Å². The molecule has 1 aliphatic heterocycles. The zero-order chi connectivity index (χ0) is 12.8. The summed E-state index contributed by atoms with van der Waals surface area (Å²) in [4.78, 5) is 0. The van der Waals surface area contributed by atoms with Crippen LogP contribution in [0, 0.1) is 30.6 Å². The molecule has 2 aliphatic rings. The number of nitriles is 1. The van der Waals surface area contributed by atoms with E-state index in [-0.39, 0.29) is 10.8 Å². The van der Waals surface area contributed by atoms with E-state index in [1.54, 1.807) is 0 Å². The van der Waals surface area contributed by atoms with Crippen molar-refractivity contribution < 1.29 is 4.74 Å². The molecule has 0 bridgehead atoms. The van der Waals surface area contributed by atoms with E-state index in [0.717, 1.165) is 12.8 Å². The Balaban J connectivity index is 2.12. The molecule has 1 saturated heterocycles. The summed E-state index contributed by atoms with van der Waals surface area (Å²) >= 11 is 0. The highest BCUT2D eigenvalue weighted by Crippen LogP contribution is 2.58. The van der Waals surface area contributed by atoms with Crippen LogP contribution in [0.4, 0.5) is 0 Å². The van der Waals surface area contributed by atoms with Gasteiger partial charge in [-0.1, -0.05) is 30.2 Å². The van der Waals surface area contributed by atoms with Gasteiger partial charge in [-0.25, -0.2) is 0 Å². The Bertz CT molecular complexity index is 518. The maximum Gasteiger partial charge on any atom is 0.0715 e. The lowest BCUT2D eigenvalue weighted by Crippen LogP contribution is -2.61. The second-order valence-electron chi connectivity index (χ2n) is 5.94. The molecule has 0 unspecified atom stereocenters. The van der Waals surface area contributed by atoms with E-state index < -0.39 is 0 Å². The van der Waals surface area contributed by atoms with Crippen molar-refractivity contribution in [1.82, 2.24) is 0 Å². The van der Waals surface area contributed by atoms with Crippen molar-refractivity contribution in [3.8, 4) is 6.07 Å². The fourth-order valence-electron chi connectivity index (χ4n) is 3.47. The third-order valence-electron chi connectivity index (χ3n) is 4.94. The van der Waals surface area contributed by atoms with Gasteiger partial charge in [0.05, 0.1) is 30.1 Å². The Kier molecular flexibility index (Phi) is 2.50. The van der Waals surface area contributed by atoms with Crippen LogP contribution in [0.3, 0.4) is 0 Å². The lowest BCUT2D eigenvalue weighted by molar-refractivity contribution is -0.135. The van der Waals surface area contributed by atoms with Crippen LogP contribution in [0.1, 0.15) is 36.0 Å². The van der Waals surface area contributed by atoms with Crippen LogP contribution in [0.2, 0.25) is 0 Å². The van der Waals surface area contributed by atoms with E-state index >= 15 is 0 Å². The summed E-state index contributed by atoms with van der Waals surface area (Å²) in [7, 11) is 0. The molecule has 1 aromatic carbocycles. The van der Waals surface area contributed by atoms with Gasteiger partial charge in [0.1, 0.15) is 0 Å².